The average molecular weight is 985 g/mol. The molecule has 4 aromatic heterocycles. The first-order valence-electron chi connectivity index (χ1n) is 24.8. The second-order valence-corrected chi connectivity index (χ2v) is 19.9. The Morgan fingerprint density at radius 2 is 1.00 bits per heavy atom. The molecule has 73 heavy (non-hydrogen) atoms. The molecular formula is C57H62F2N12O2. The largest absolute Gasteiger partial charge is 0.444 e. The smallest absolute Gasteiger partial charge is 0.410 e. The van der Waals surface area contributed by atoms with Gasteiger partial charge in [0.1, 0.15) is 17.2 Å². The van der Waals surface area contributed by atoms with Crippen LogP contribution in [0.3, 0.4) is 0 Å². The fraction of sp³-hybridized carbons (Fsp3) is 0.316. The molecule has 0 atom stereocenters. The molecule has 2 aliphatic heterocycles. The van der Waals surface area contributed by atoms with Crippen LogP contribution in [0.25, 0.3) is 45.3 Å². The van der Waals surface area contributed by atoms with E-state index < -0.39 is 5.60 Å². The Labute approximate surface area is 425 Å². The summed E-state index contributed by atoms with van der Waals surface area (Å²) in [5.74, 6) is 0.432. The molecule has 2 fully saturated rings. The Hall–Kier alpha value is -7.85. The summed E-state index contributed by atoms with van der Waals surface area (Å²) in [7, 11) is 0. The van der Waals surface area contributed by atoms with Crippen LogP contribution >= 0.6 is 0 Å². The molecule has 376 valence electrons. The Kier molecular flexibility index (Phi) is 15.0. The molecule has 14 nitrogen and oxygen atoms in total. The van der Waals surface area contributed by atoms with Gasteiger partial charge in [0.15, 0.2) is 0 Å². The van der Waals surface area contributed by atoms with Crippen LogP contribution in [-0.4, -0.2) is 81.8 Å². The van der Waals surface area contributed by atoms with Crippen molar-refractivity contribution in [2.75, 3.05) is 36.8 Å². The molecule has 1 amide bonds. The number of ether oxygens (including phenoxy) is 1. The zero-order valence-electron chi connectivity index (χ0n) is 42.5. The Bertz CT molecular complexity index is 3150. The number of rotatable bonds is 10. The van der Waals surface area contributed by atoms with Crippen molar-refractivity contribution >= 4 is 29.4 Å². The van der Waals surface area contributed by atoms with Gasteiger partial charge < -0.3 is 34.7 Å². The lowest BCUT2D eigenvalue weighted by molar-refractivity contribution is 0.0189. The van der Waals surface area contributed by atoms with E-state index in [1.807, 2.05) is 45.6 Å². The minimum atomic E-state index is -0.536. The van der Waals surface area contributed by atoms with Gasteiger partial charge in [0.2, 0.25) is 11.9 Å². The lowest BCUT2D eigenvalue weighted by Crippen LogP contribution is -2.42. The summed E-state index contributed by atoms with van der Waals surface area (Å²) < 4.78 is 37.3. The van der Waals surface area contributed by atoms with Gasteiger partial charge in [-0.3, -0.25) is 0 Å². The lowest BCUT2D eigenvalue weighted by Gasteiger charge is -2.34. The van der Waals surface area contributed by atoms with Gasteiger partial charge in [-0.1, -0.05) is 12.1 Å². The summed E-state index contributed by atoms with van der Waals surface area (Å²) >= 11 is 0. The van der Waals surface area contributed by atoms with Gasteiger partial charge in [0.25, 0.3) is 0 Å². The molecule has 0 radical (unpaired) electrons. The molecule has 4 aromatic carbocycles. The van der Waals surface area contributed by atoms with Gasteiger partial charge >= 0.3 is 6.09 Å². The zero-order chi connectivity index (χ0) is 51.2. The second kappa shape index (κ2) is 21.9. The van der Waals surface area contributed by atoms with Gasteiger partial charge in [0, 0.05) is 60.1 Å². The predicted molar refractivity (Wildman–Crippen MR) is 283 cm³/mol. The summed E-state index contributed by atoms with van der Waals surface area (Å²) in [5.41, 5.74) is 12.4. The number of carbonyl (C=O) groups is 1. The number of piperidine rings is 2. The maximum Gasteiger partial charge on any atom is 0.410 e. The third kappa shape index (κ3) is 12.4. The van der Waals surface area contributed by atoms with Crippen LogP contribution in [0, 0.1) is 39.3 Å². The number of halogens is 2. The minimum Gasteiger partial charge on any atom is -0.444 e. The number of amides is 1. The van der Waals surface area contributed by atoms with Crippen molar-refractivity contribution in [3.05, 3.63) is 156 Å². The van der Waals surface area contributed by atoms with E-state index in [0.717, 1.165) is 95.2 Å². The third-order valence-corrected chi connectivity index (χ3v) is 12.8. The highest BCUT2D eigenvalue weighted by Crippen LogP contribution is 2.38. The number of hydrogen-bond donors (Lipinski definition) is 3. The summed E-state index contributed by atoms with van der Waals surface area (Å²) in [5, 5.41) is 10.1. The number of nitrogens with one attached hydrogen (secondary N) is 3. The van der Waals surface area contributed by atoms with Crippen molar-refractivity contribution in [1.29, 1.82) is 0 Å². The fourth-order valence-corrected chi connectivity index (χ4v) is 9.61. The molecule has 2 saturated heterocycles. The van der Waals surface area contributed by atoms with Crippen LogP contribution < -0.4 is 16.0 Å². The van der Waals surface area contributed by atoms with Crippen LogP contribution in [0.2, 0.25) is 0 Å². The molecule has 3 N–H and O–H groups in total. The highest BCUT2D eigenvalue weighted by molar-refractivity contribution is 5.79. The molecule has 0 spiro atoms. The number of imidazole rings is 2. The number of hydrogen-bond acceptors (Lipinski definition) is 11. The summed E-state index contributed by atoms with van der Waals surface area (Å²) in [4.78, 5) is 42.5. The molecular weight excluding hydrogens is 923 g/mol. The quantitative estimate of drug-likeness (QED) is 0.120. The highest BCUT2D eigenvalue weighted by atomic mass is 19.1. The monoisotopic (exact) mass is 985 g/mol. The summed E-state index contributed by atoms with van der Waals surface area (Å²) in [6, 6.07) is 29.5. The number of anilines is 4. The number of aromatic nitrogens is 8. The average Bonchev–Trinajstić information content (AvgIpc) is 4.01. The second-order valence-electron chi connectivity index (χ2n) is 19.9. The standard InChI is InChI=1S/C31H35FN6O2.C26H27FN6/c1-20-16-21(2)18-24(17-20)35-29-33-13-10-26(36-29)28-27(22-6-8-23(32)9-7-22)34-19-38(28)25-11-14-37(15-12-25)30(39)40-31(3,4)5;1-17-13-18(2)15-21(14-17)31-26-29-12-9-23(32-26)25-24(19-3-5-20(27)6-4-19)30-16-33(25)22-7-10-28-11-8-22/h6-10,13,16-19,25H,11-12,14-15H2,1-5H3,(H,33,35,36);3-6,9,12-16,22,28H,7-8,10-11H2,1-2H3,(H,29,31,32). The Morgan fingerprint density at radius 3 is 1.41 bits per heavy atom. The molecule has 0 unspecified atom stereocenters. The Morgan fingerprint density at radius 1 is 0.589 bits per heavy atom. The van der Waals surface area contributed by atoms with E-state index in [1.165, 1.54) is 35.4 Å². The molecule has 0 saturated carbocycles. The fourth-order valence-electron chi connectivity index (χ4n) is 9.61. The first-order chi connectivity index (χ1) is 35.1. The molecule has 8 aromatic rings. The van der Waals surface area contributed by atoms with Gasteiger partial charge in [0.05, 0.1) is 46.8 Å². The van der Waals surface area contributed by atoms with Crippen molar-refractivity contribution in [1.82, 2.24) is 49.3 Å². The minimum absolute atomic E-state index is 0.0983. The number of benzene rings is 4. The number of carbonyl (C=O) groups excluding carboxylic acids is 1. The topological polar surface area (TPSA) is 153 Å². The maximum absolute atomic E-state index is 13.7. The highest BCUT2D eigenvalue weighted by Gasteiger charge is 2.30. The van der Waals surface area contributed by atoms with Gasteiger partial charge in [-0.05, 0) is 194 Å². The van der Waals surface area contributed by atoms with Crippen molar-refractivity contribution in [3.63, 3.8) is 0 Å². The normalized spacial score (nSPS) is 14.3. The van der Waals surface area contributed by atoms with E-state index in [1.54, 1.807) is 41.6 Å². The SMILES string of the molecule is Cc1cc(C)cc(Nc2nccc(-c3c(-c4ccc(F)cc4)ncn3C3CCN(C(=O)OC(C)(C)C)CC3)n2)c1.Cc1cc(C)cc(Nc2nccc(-c3c(-c4ccc(F)cc4)ncn3C3CCNCC3)n2)c1. The summed E-state index contributed by atoms with van der Waals surface area (Å²) in [6.45, 7) is 17.0. The van der Waals surface area contributed by atoms with Crippen LogP contribution in [-0.2, 0) is 4.74 Å². The van der Waals surface area contributed by atoms with Gasteiger partial charge in [-0.25, -0.2) is 43.5 Å². The molecule has 0 bridgehead atoms. The zero-order valence-corrected chi connectivity index (χ0v) is 42.5. The molecule has 2 aliphatic rings. The number of nitrogens with zero attached hydrogens (tertiary/aromatic N) is 9. The van der Waals surface area contributed by atoms with Gasteiger partial charge in [-0.2, -0.15) is 0 Å². The number of aryl methyl sites for hydroxylation is 4. The Balaban J connectivity index is 0.000000183. The van der Waals surface area contributed by atoms with Crippen LogP contribution in [0.1, 0.15) is 80.8 Å². The van der Waals surface area contributed by atoms with Crippen molar-refractivity contribution in [3.8, 4) is 45.3 Å². The third-order valence-electron chi connectivity index (χ3n) is 12.8. The first-order valence-corrected chi connectivity index (χ1v) is 24.8. The maximum atomic E-state index is 13.7. The van der Waals surface area contributed by atoms with E-state index in [9.17, 15) is 13.6 Å². The van der Waals surface area contributed by atoms with Crippen molar-refractivity contribution < 1.29 is 18.3 Å². The van der Waals surface area contributed by atoms with E-state index in [4.69, 9.17) is 24.7 Å². The predicted octanol–water partition coefficient (Wildman–Crippen LogP) is 12.5. The van der Waals surface area contributed by atoms with Crippen molar-refractivity contribution in [2.24, 2.45) is 0 Å². The van der Waals surface area contributed by atoms with Crippen LogP contribution in [0.5, 0.6) is 0 Å². The van der Waals surface area contributed by atoms with E-state index in [0.29, 0.717) is 42.4 Å². The van der Waals surface area contributed by atoms with E-state index in [-0.39, 0.29) is 23.8 Å². The molecule has 10 rings (SSSR count). The lowest BCUT2D eigenvalue weighted by atomic mass is 10.0. The van der Waals surface area contributed by atoms with Crippen molar-refractivity contribution in [2.45, 2.75) is 91.8 Å². The number of likely N-dealkylation sites (tertiary alicyclic amines) is 1. The van der Waals surface area contributed by atoms with Crippen LogP contribution in [0.4, 0.5) is 36.8 Å². The summed E-state index contributed by atoms with van der Waals surface area (Å²) in [6.07, 6.45) is 10.4. The molecule has 0 aliphatic carbocycles. The van der Waals surface area contributed by atoms with Gasteiger partial charge in [-0.15, -0.1) is 0 Å². The first kappa shape index (κ1) is 50.1. The van der Waals surface area contributed by atoms with E-state index >= 15 is 0 Å². The molecule has 6 heterocycles. The van der Waals surface area contributed by atoms with E-state index in [2.05, 4.69) is 99.1 Å². The molecule has 16 heteroatoms. The van der Waals surface area contributed by atoms with Crippen LogP contribution in [0.15, 0.2) is 122 Å².